The summed E-state index contributed by atoms with van der Waals surface area (Å²) in [5.41, 5.74) is 2.74. The lowest BCUT2D eigenvalue weighted by atomic mass is 10.1. The number of amides is 2. The molecule has 0 atom stereocenters. The zero-order valence-electron chi connectivity index (χ0n) is 16.4. The average molecular weight is 453 g/mol. The predicted molar refractivity (Wildman–Crippen MR) is 125 cm³/mol. The van der Waals surface area contributed by atoms with Crippen molar-refractivity contribution in [2.75, 3.05) is 19.0 Å². The average Bonchev–Trinajstić information content (AvgIpc) is 3.09. The number of aliphatic imine (C=N–C) groups is 1. The van der Waals surface area contributed by atoms with Gasteiger partial charge in [-0.25, -0.2) is 4.99 Å². The molecule has 0 aliphatic carbocycles. The minimum atomic E-state index is -0.289. The van der Waals surface area contributed by atoms with Crippen LogP contribution in [-0.4, -0.2) is 35.7 Å². The van der Waals surface area contributed by atoms with E-state index in [0.717, 1.165) is 16.5 Å². The number of hydrogen-bond donors (Lipinski definition) is 2. The van der Waals surface area contributed by atoms with E-state index in [-0.39, 0.29) is 18.4 Å². The number of benzene rings is 2. The van der Waals surface area contributed by atoms with E-state index in [4.69, 9.17) is 16.3 Å². The van der Waals surface area contributed by atoms with E-state index in [2.05, 4.69) is 20.6 Å². The smallest absolute Gasteiger partial charge is 0.264 e. The molecule has 31 heavy (non-hydrogen) atoms. The predicted octanol–water partition coefficient (Wildman–Crippen LogP) is 4.36. The third-order valence-electron chi connectivity index (χ3n) is 4.30. The van der Waals surface area contributed by atoms with E-state index >= 15 is 0 Å². The Labute approximate surface area is 187 Å². The van der Waals surface area contributed by atoms with Crippen LogP contribution in [0.3, 0.4) is 0 Å². The number of carbonyl (C=O) groups is 2. The molecule has 0 saturated carbocycles. The van der Waals surface area contributed by atoms with E-state index in [1.165, 1.54) is 18.9 Å². The number of rotatable bonds is 5. The van der Waals surface area contributed by atoms with E-state index in [1.54, 1.807) is 30.5 Å². The first-order valence-corrected chi connectivity index (χ1v) is 10.4. The maximum atomic E-state index is 12.4. The number of methoxy groups -OCH3 is 1. The van der Waals surface area contributed by atoms with Crippen molar-refractivity contribution in [1.82, 2.24) is 10.3 Å². The van der Waals surface area contributed by atoms with Crippen LogP contribution in [0.1, 0.15) is 5.56 Å². The van der Waals surface area contributed by atoms with Crippen LogP contribution in [0.2, 0.25) is 5.02 Å². The molecular formula is C22H17ClN4O3S. The standard InChI is InChI=1S/C22H17ClN4O3S/c1-30-12-20(28)25-15-5-6-16(23)18(11-15)26-22-27-21(29)19(31-22)10-13-4-7-17-14(9-13)3-2-8-24-17/h2-11H,12H2,1H3,(H,25,28)(H,26,27,29)/b19-10+. The fourth-order valence-corrected chi connectivity index (χ4v) is 3.92. The van der Waals surface area contributed by atoms with Crippen molar-refractivity contribution in [2.24, 2.45) is 4.99 Å². The molecule has 1 fully saturated rings. The van der Waals surface area contributed by atoms with Gasteiger partial charge in [0.2, 0.25) is 5.91 Å². The summed E-state index contributed by atoms with van der Waals surface area (Å²) in [5.74, 6) is -0.529. The molecule has 1 aliphatic heterocycles. The minimum absolute atomic E-state index is 0.0582. The lowest BCUT2D eigenvalue weighted by Gasteiger charge is -2.06. The third-order valence-corrected chi connectivity index (χ3v) is 5.53. The maximum absolute atomic E-state index is 12.4. The molecule has 1 aromatic heterocycles. The van der Waals surface area contributed by atoms with Gasteiger partial charge in [0.25, 0.3) is 5.91 Å². The normalized spacial score (nSPS) is 16.1. The zero-order chi connectivity index (χ0) is 21.8. The van der Waals surface area contributed by atoms with Crippen molar-refractivity contribution in [2.45, 2.75) is 0 Å². The Morgan fingerprint density at radius 2 is 2.16 bits per heavy atom. The Hall–Kier alpha value is -3.20. The number of pyridine rings is 1. The quantitative estimate of drug-likeness (QED) is 0.561. The first-order valence-electron chi connectivity index (χ1n) is 9.24. The SMILES string of the molecule is COCC(=O)Nc1ccc(Cl)c(N=C2NC(=O)/C(=C\c3ccc4ncccc4c3)S2)c1. The summed E-state index contributed by atoms with van der Waals surface area (Å²) in [5, 5.41) is 7.24. The molecule has 1 aliphatic rings. The summed E-state index contributed by atoms with van der Waals surface area (Å²) < 4.78 is 4.81. The molecule has 7 nitrogen and oxygen atoms in total. The topological polar surface area (TPSA) is 92.7 Å². The zero-order valence-corrected chi connectivity index (χ0v) is 18.0. The minimum Gasteiger partial charge on any atom is -0.375 e. The monoisotopic (exact) mass is 452 g/mol. The second-order valence-corrected chi connectivity index (χ2v) is 8.02. The van der Waals surface area contributed by atoms with Gasteiger partial charge in [-0.15, -0.1) is 0 Å². The lowest BCUT2D eigenvalue weighted by Crippen LogP contribution is -2.19. The molecule has 2 amide bonds. The van der Waals surface area contributed by atoms with Crippen LogP contribution in [0.5, 0.6) is 0 Å². The Morgan fingerprint density at radius 1 is 1.29 bits per heavy atom. The summed E-state index contributed by atoms with van der Waals surface area (Å²) in [6.45, 7) is -0.0582. The van der Waals surface area contributed by atoms with Crippen molar-refractivity contribution in [3.05, 3.63) is 70.2 Å². The second kappa shape index (κ2) is 9.30. The summed E-state index contributed by atoms with van der Waals surface area (Å²) in [6.07, 6.45) is 3.55. The van der Waals surface area contributed by atoms with Gasteiger partial charge in [-0.3, -0.25) is 14.6 Å². The Balaban J connectivity index is 1.55. The van der Waals surface area contributed by atoms with Crippen molar-refractivity contribution < 1.29 is 14.3 Å². The highest BCUT2D eigenvalue weighted by atomic mass is 35.5. The molecule has 0 unspecified atom stereocenters. The number of nitrogens with one attached hydrogen (secondary N) is 2. The number of anilines is 1. The van der Waals surface area contributed by atoms with Crippen LogP contribution in [0.25, 0.3) is 17.0 Å². The Morgan fingerprint density at radius 3 is 3.00 bits per heavy atom. The molecule has 4 rings (SSSR count). The van der Waals surface area contributed by atoms with Gasteiger partial charge in [0.15, 0.2) is 5.17 Å². The number of thioether (sulfide) groups is 1. The van der Waals surface area contributed by atoms with E-state index < -0.39 is 0 Å². The van der Waals surface area contributed by atoms with Gasteiger partial charge in [0.1, 0.15) is 6.61 Å². The van der Waals surface area contributed by atoms with Crippen LogP contribution >= 0.6 is 23.4 Å². The van der Waals surface area contributed by atoms with Gasteiger partial charge >= 0.3 is 0 Å². The number of carbonyl (C=O) groups excluding carboxylic acids is 2. The molecule has 2 N–H and O–H groups in total. The molecule has 3 aromatic rings. The van der Waals surface area contributed by atoms with Crippen molar-refractivity contribution in [3.8, 4) is 0 Å². The number of amidine groups is 1. The van der Waals surface area contributed by atoms with Gasteiger partial charge in [-0.2, -0.15) is 0 Å². The molecule has 0 bridgehead atoms. The van der Waals surface area contributed by atoms with Gasteiger partial charge in [0, 0.05) is 24.4 Å². The molecule has 0 radical (unpaired) electrons. The molecular weight excluding hydrogens is 436 g/mol. The fourth-order valence-electron chi connectivity index (χ4n) is 2.93. The van der Waals surface area contributed by atoms with Crippen molar-refractivity contribution >= 4 is 68.7 Å². The summed E-state index contributed by atoms with van der Waals surface area (Å²) >= 11 is 7.46. The molecule has 0 spiro atoms. The van der Waals surface area contributed by atoms with Gasteiger partial charge in [-0.1, -0.05) is 23.7 Å². The number of hydrogen-bond acceptors (Lipinski definition) is 6. The molecule has 9 heteroatoms. The van der Waals surface area contributed by atoms with Crippen LogP contribution in [0, 0.1) is 0 Å². The van der Waals surface area contributed by atoms with Gasteiger partial charge < -0.3 is 15.4 Å². The van der Waals surface area contributed by atoms with Gasteiger partial charge in [0.05, 0.1) is 21.1 Å². The first-order chi connectivity index (χ1) is 15.0. The summed E-state index contributed by atoms with van der Waals surface area (Å²) in [6, 6.07) is 14.6. The van der Waals surface area contributed by atoms with Crippen molar-refractivity contribution in [3.63, 3.8) is 0 Å². The van der Waals surface area contributed by atoms with Gasteiger partial charge in [-0.05, 0) is 59.8 Å². The number of ether oxygens (including phenoxy) is 1. The van der Waals surface area contributed by atoms with Crippen molar-refractivity contribution in [1.29, 1.82) is 0 Å². The van der Waals surface area contributed by atoms with E-state index in [9.17, 15) is 9.59 Å². The maximum Gasteiger partial charge on any atom is 0.264 e. The fraction of sp³-hybridized carbons (Fsp3) is 0.0909. The highest BCUT2D eigenvalue weighted by Crippen LogP contribution is 2.33. The lowest BCUT2D eigenvalue weighted by molar-refractivity contribution is -0.119. The van der Waals surface area contributed by atoms with E-state index in [1.807, 2.05) is 30.3 Å². The second-order valence-electron chi connectivity index (χ2n) is 6.58. The van der Waals surface area contributed by atoms with Crippen LogP contribution < -0.4 is 10.6 Å². The van der Waals surface area contributed by atoms with Crippen LogP contribution in [0.4, 0.5) is 11.4 Å². The van der Waals surface area contributed by atoms with E-state index in [0.29, 0.717) is 26.5 Å². The highest BCUT2D eigenvalue weighted by Gasteiger charge is 2.24. The molecule has 156 valence electrons. The highest BCUT2D eigenvalue weighted by molar-refractivity contribution is 8.18. The number of aromatic nitrogens is 1. The Bertz CT molecular complexity index is 1240. The summed E-state index contributed by atoms with van der Waals surface area (Å²) in [4.78, 5) is 33.4. The largest absolute Gasteiger partial charge is 0.375 e. The number of nitrogens with zero attached hydrogens (tertiary/aromatic N) is 2. The number of fused-ring (bicyclic) bond motifs is 1. The van der Waals surface area contributed by atoms with Crippen LogP contribution in [0.15, 0.2) is 64.6 Å². The summed E-state index contributed by atoms with van der Waals surface area (Å²) in [7, 11) is 1.44. The Kier molecular flexibility index (Phi) is 6.31. The first kappa shape index (κ1) is 21.0. The van der Waals surface area contributed by atoms with Crippen LogP contribution in [-0.2, 0) is 14.3 Å². The third kappa shape index (κ3) is 5.11. The number of halogens is 1. The molecule has 1 saturated heterocycles. The molecule has 2 aromatic carbocycles. The molecule has 2 heterocycles.